The molecule has 0 aromatic heterocycles. The van der Waals surface area contributed by atoms with Gasteiger partial charge in [0.2, 0.25) is 5.91 Å². The number of ether oxygens (including phenoxy) is 1. The zero-order valence-electron chi connectivity index (χ0n) is 15.6. The molecular weight excluding hydrogens is 334 g/mol. The van der Waals surface area contributed by atoms with Gasteiger partial charge in [-0.25, -0.2) is 4.79 Å². The van der Waals surface area contributed by atoms with Gasteiger partial charge in [-0.05, 0) is 51.8 Å². The Labute approximate surface area is 154 Å². The number of carbonyl (C=O) groups is 3. The normalized spacial score (nSPS) is 17.4. The van der Waals surface area contributed by atoms with Crippen molar-refractivity contribution in [2.45, 2.75) is 33.6 Å². The number of rotatable bonds is 5. The Morgan fingerprint density at radius 1 is 1.27 bits per heavy atom. The van der Waals surface area contributed by atoms with Crippen molar-refractivity contribution < 1.29 is 19.1 Å². The molecule has 0 bridgehead atoms. The van der Waals surface area contributed by atoms with Crippen molar-refractivity contribution in [3.05, 3.63) is 29.3 Å². The molecule has 1 heterocycles. The van der Waals surface area contributed by atoms with Crippen LogP contribution in [0.1, 0.15) is 30.9 Å². The van der Waals surface area contributed by atoms with Gasteiger partial charge in [-0.15, -0.1) is 0 Å². The number of piperidine rings is 1. The maximum atomic E-state index is 12.1. The Hall–Kier alpha value is -2.41. The largest absolute Gasteiger partial charge is 0.466 e. The number of amides is 3. The first-order valence-corrected chi connectivity index (χ1v) is 8.96. The molecule has 1 aliphatic rings. The van der Waals surface area contributed by atoms with Gasteiger partial charge in [-0.3, -0.25) is 19.8 Å². The third kappa shape index (κ3) is 5.84. The minimum atomic E-state index is -0.555. The summed E-state index contributed by atoms with van der Waals surface area (Å²) in [5.41, 5.74) is 2.70. The van der Waals surface area contributed by atoms with Gasteiger partial charge in [0, 0.05) is 12.2 Å². The number of hydrogen-bond acceptors (Lipinski definition) is 5. The van der Waals surface area contributed by atoms with Gasteiger partial charge in [0.05, 0.1) is 19.1 Å². The number of likely N-dealkylation sites (tertiary alicyclic amines) is 1. The highest BCUT2D eigenvalue weighted by atomic mass is 16.5. The van der Waals surface area contributed by atoms with E-state index < -0.39 is 11.9 Å². The lowest BCUT2D eigenvalue weighted by Gasteiger charge is -2.30. The van der Waals surface area contributed by atoms with Crippen molar-refractivity contribution in [3.8, 4) is 0 Å². The van der Waals surface area contributed by atoms with Crippen molar-refractivity contribution in [2.75, 3.05) is 31.6 Å². The van der Waals surface area contributed by atoms with Gasteiger partial charge < -0.3 is 10.1 Å². The van der Waals surface area contributed by atoms with E-state index in [-0.39, 0.29) is 18.4 Å². The minimum absolute atomic E-state index is 0.0796. The van der Waals surface area contributed by atoms with Crippen molar-refractivity contribution >= 4 is 23.6 Å². The molecule has 0 radical (unpaired) electrons. The van der Waals surface area contributed by atoms with Crippen LogP contribution in [0.15, 0.2) is 18.2 Å². The first-order valence-electron chi connectivity index (χ1n) is 8.96. The summed E-state index contributed by atoms with van der Waals surface area (Å²) in [4.78, 5) is 37.9. The first kappa shape index (κ1) is 19.9. The quantitative estimate of drug-likeness (QED) is 0.785. The van der Waals surface area contributed by atoms with Crippen LogP contribution < -0.4 is 10.6 Å². The van der Waals surface area contributed by atoms with Gasteiger partial charge in [0.15, 0.2) is 0 Å². The van der Waals surface area contributed by atoms with Crippen LogP contribution in [0.5, 0.6) is 0 Å². The van der Waals surface area contributed by atoms with Crippen molar-refractivity contribution in [1.82, 2.24) is 10.2 Å². The summed E-state index contributed by atoms with van der Waals surface area (Å²) in [5.74, 6) is -0.817. The number of urea groups is 1. The van der Waals surface area contributed by atoms with Crippen LogP contribution in [0.25, 0.3) is 0 Å². The fraction of sp³-hybridized carbons (Fsp3) is 0.526. The predicted molar refractivity (Wildman–Crippen MR) is 98.9 cm³/mol. The number of anilines is 1. The van der Waals surface area contributed by atoms with Crippen molar-refractivity contribution in [1.29, 1.82) is 0 Å². The Kier molecular flexibility index (Phi) is 7.15. The number of aryl methyl sites for hydroxylation is 2. The Morgan fingerprint density at radius 3 is 2.73 bits per heavy atom. The topological polar surface area (TPSA) is 87.7 Å². The molecule has 2 rings (SSSR count). The van der Waals surface area contributed by atoms with E-state index in [1.165, 1.54) is 0 Å². The molecule has 1 saturated heterocycles. The molecule has 2 N–H and O–H groups in total. The number of benzene rings is 1. The lowest BCUT2D eigenvalue weighted by atomic mass is 9.98. The highest BCUT2D eigenvalue weighted by Gasteiger charge is 2.28. The van der Waals surface area contributed by atoms with Crippen LogP contribution >= 0.6 is 0 Å². The molecule has 0 spiro atoms. The van der Waals surface area contributed by atoms with Crippen LogP contribution in [0, 0.1) is 19.8 Å². The number of hydrogen-bond donors (Lipinski definition) is 2. The molecule has 1 fully saturated rings. The maximum Gasteiger partial charge on any atom is 0.325 e. The molecule has 0 aliphatic carbocycles. The molecule has 1 aliphatic heterocycles. The average Bonchev–Trinajstić information content (AvgIpc) is 2.57. The van der Waals surface area contributed by atoms with Crippen LogP contribution in [0.2, 0.25) is 0 Å². The van der Waals surface area contributed by atoms with E-state index in [2.05, 4.69) is 10.6 Å². The van der Waals surface area contributed by atoms with Gasteiger partial charge in [0.1, 0.15) is 0 Å². The summed E-state index contributed by atoms with van der Waals surface area (Å²) in [5, 5.41) is 5.03. The Bertz CT molecular complexity index is 675. The van der Waals surface area contributed by atoms with E-state index in [0.717, 1.165) is 30.5 Å². The molecule has 0 saturated carbocycles. The van der Waals surface area contributed by atoms with Gasteiger partial charge in [0.25, 0.3) is 0 Å². The standard InChI is InChI=1S/C19H27N3O4/c1-4-26-18(24)15-6-5-9-22(11-15)12-17(23)21-19(25)20-16-8-7-13(2)10-14(16)3/h7-8,10,15H,4-6,9,11-12H2,1-3H3,(H2,20,21,23,25)/t15-/m1/s1. The smallest absolute Gasteiger partial charge is 0.325 e. The van der Waals surface area contributed by atoms with E-state index >= 15 is 0 Å². The predicted octanol–water partition coefficient (Wildman–Crippen LogP) is 2.23. The number of esters is 1. The summed E-state index contributed by atoms with van der Waals surface area (Å²) >= 11 is 0. The van der Waals surface area contributed by atoms with E-state index in [0.29, 0.717) is 18.8 Å². The van der Waals surface area contributed by atoms with Crippen LogP contribution in [-0.2, 0) is 14.3 Å². The molecule has 1 aromatic carbocycles. The molecule has 7 nitrogen and oxygen atoms in total. The second-order valence-corrected chi connectivity index (χ2v) is 6.65. The highest BCUT2D eigenvalue weighted by molar-refractivity contribution is 6.02. The lowest BCUT2D eigenvalue weighted by molar-refractivity contribution is -0.150. The molecule has 1 aromatic rings. The SMILES string of the molecule is CCOC(=O)[C@@H]1CCCN(CC(=O)NC(=O)Nc2ccc(C)cc2C)C1. The molecule has 0 unspecified atom stereocenters. The third-order valence-corrected chi connectivity index (χ3v) is 4.38. The zero-order chi connectivity index (χ0) is 19.1. The monoisotopic (exact) mass is 361 g/mol. The van der Waals surface area contributed by atoms with E-state index in [9.17, 15) is 14.4 Å². The van der Waals surface area contributed by atoms with E-state index in [1.807, 2.05) is 36.9 Å². The number of imide groups is 1. The second-order valence-electron chi connectivity index (χ2n) is 6.65. The van der Waals surface area contributed by atoms with Crippen molar-refractivity contribution in [3.63, 3.8) is 0 Å². The molecule has 3 amide bonds. The first-order chi connectivity index (χ1) is 12.4. The van der Waals surface area contributed by atoms with Crippen LogP contribution in [-0.4, -0.2) is 49.0 Å². The molecular formula is C19H27N3O4. The number of carbonyl (C=O) groups excluding carboxylic acids is 3. The summed E-state index contributed by atoms with van der Waals surface area (Å²) in [7, 11) is 0. The average molecular weight is 361 g/mol. The number of nitrogens with zero attached hydrogens (tertiary/aromatic N) is 1. The Morgan fingerprint density at radius 2 is 2.04 bits per heavy atom. The molecule has 1 atom stereocenters. The van der Waals surface area contributed by atoms with E-state index in [4.69, 9.17) is 4.74 Å². The maximum absolute atomic E-state index is 12.1. The third-order valence-electron chi connectivity index (χ3n) is 4.38. The lowest BCUT2D eigenvalue weighted by Crippen LogP contribution is -2.46. The van der Waals surface area contributed by atoms with E-state index in [1.54, 1.807) is 6.92 Å². The van der Waals surface area contributed by atoms with Crippen LogP contribution in [0.3, 0.4) is 0 Å². The van der Waals surface area contributed by atoms with Crippen molar-refractivity contribution in [2.24, 2.45) is 5.92 Å². The fourth-order valence-corrected chi connectivity index (χ4v) is 3.13. The summed E-state index contributed by atoms with van der Waals surface area (Å²) in [6.07, 6.45) is 1.59. The molecule has 7 heteroatoms. The molecule has 142 valence electrons. The summed E-state index contributed by atoms with van der Waals surface area (Å²) < 4.78 is 5.05. The van der Waals surface area contributed by atoms with Gasteiger partial charge in [-0.1, -0.05) is 17.7 Å². The highest BCUT2D eigenvalue weighted by Crippen LogP contribution is 2.18. The summed E-state index contributed by atoms with van der Waals surface area (Å²) in [6.45, 7) is 7.29. The van der Waals surface area contributed by atoms with Gasteiger partial charge in [-0.2, -0.15) is 0 Å². The minimum Gasteiger partial charge on any atom is -0.466 e. The number of nitrogens with one attached hydrogen (secondary N) is 2. The Balaban J connectivity index is 1.82. The van der Waals surface area contributed by atoms with Crippen LogP contribution in [0.4, 0.5) is 10.5 Å². The van der Waals surface area contributed by atoms with Gasteiger partial charge >= 0.3 is 12.0 Å². The second kappa shape index (κ2) is 9.33. The zero-order valence-corrected chi connectivity index (χ0v) is 15.6. The fourth-order valence-electron chi connectivity index (χ4n) is 3.13. The summed E-state index contributed by atoms with van der Waals surface area (Å²) in [6, 6.07) is 5.11. The molecule has 26 heavy (non-hydrogen) atoms.